The van der Waals surface area contributed by atoms with Gasteiger partial charge in [-0.1, -0.05) is 62.0 Å². The van der Waals surface area contributed by atoms with Crippen molar-refractivity contribution in [2.75, 3.05) is 0 Å². The second kappa shape index (κ2) is 6.97. The highest BCUT2D eigenvalue weighted by atomic mass is 35.5. The van der Waals surface area contributed by atoms with Gasteiger partial charge in [0.1, 0.15) is 0 Å². The Balaban J connectivity index is 1.98. The zero-order valence-corrected chi connectivity index (χ0v) is 13.3. The predicted octanol–water partition coefficient (Wildman–Crippen LogP) is 5.30. The number of rotatable bonds is 4. The van der Waals surface area contributed by atoms with Gasteiger partial charge in [0.2, 0.25) is 0 Å². The first kappa shape index (κ1) is 15.2. The summed E-state index contributed by atoms with van der Waals surface area (Å²) >= 11 is 12.3. The molecule has 1 fully saturated rings. The molecule has 0 saturated heterocycles. The van der Waals surface area contributed by atoms with Crippen molar-refractivity contribution in [3.05, 3.63) is 33.8 Å². The maximum absolute atomic E-state index is 6.24. The van der Waals surface area contributed by atoms with Crippen molar-refractivity contribution in [2.45, 2.75) is 52.1 Å². The lowest BCUT2D eigenvalue weighted by Crippen LogP contribution is -2.40. The molecule has 1 aliphatic rings. The van der Waals surface area contributed by atoms with E-state index >= 15 is 0 Å². The van der Waals surface area contributed by atoms with Crippen molar-refractivity contribution in [2.24, 2.45) is 11.8 Å². The van der Waals surface area contributed by atoms with E-state index in [0.29, 0.717) is 16.1 Å². The van der Waals surface area contributed by atoms with Crippen LogP contribution in [0.5, 0.6) is 0 Å². The van der Waals surface area contributed by atoms with Crippen molar-refractivity contribution in [1.82, 2.24) is 5.32 Å². The molecule has 1 N–H and O–H groups in total. The number of nitrogens with one attached hydrogen (secondary N) is 1. The zero-order chi connectivity index (χ0) is 13.8. The van der Waals surface area contributed by atoms with Gasteiger partial charge in [-0.25, -0.2) is 0 Å². The molecule has 3 heteroatoms. The number of hydrogen-bond acceptors (Lipinski definition) is 1. The summed E-state index contributed by atoms with van der Waals surface area (Å²) in [5, 5.41) is 5.03. The van der Waals surface area contributed by atoms with Crippen LogP contribution in [-0.4, -0.2) is 6.04 Å². The van der Waals surface area contributed by atoms with Crippen LogP contribution in [0.3, 0.4) is 0 Å². The average Bonchev–Trinajstić information content (AvgIpc) is 2.40. The Morgan fingerprint density at radius 2 is 1.95 bits per heavy atom. The van der Waals surface area contributed by atoms with Crippen LogP contribution in [0, 0.1) is 11.8 Å². The summed E-state index contributed by atoms with van der Waals surface area (Å²) in [7, 11) is 0. The van der Waals surface area contributed by atoms with Crippen LogP contribution >= 0.6 is 23.2 Å². The predicted molar refractivity (Wildman–Crippen MR) is 83.9 cm³/mol. The highest BCUT2D eigenvalue weighted by molar-refractivity contribution is 6.42. The minimum absolute atomic E-state index is 0.615. The maximum Gasteiger partial charge on any atom is 0.0637 e. The Morgan fingerprint density at radius 3 is 2.68 bits per heavy atom. The fraction of sp³-hybridized carbons (Fsp3) is 0.625. The van der Waals surface area contributed by atoms with Gasteiger partial charge in [0, 0.05) is 12.6 Å². The zero-order valence-electron chi connectivity index (χ0n) is 11.8. The summed E-state index contributed by atoms with van der Waals surface area (Å²) in [6, 6.07) is 6.47. The maximum atomic E-state index is 6.24. The van der Waals surface area contributed by atoms with E-state index in [-0.39, 0.29) is 0 Å². The summed E-state index contributed by atoms with van der Waals surface area (Å²) in [6.45, 7) is 5.47. The van der Waals surface area contributed by atoms with Gasteiger partial charge < -0.3 is 5.32 Å². The van der Waals surface area contributed by atoms with Crippen LogP contribution in [0.15, 0.2) is 18.2 Å². The minimum Gasteiger partial charge on any atom is -0.310 e. The molecule has 2 unspecified atom stereocenters. The van der Waals surface area contributed by atoms with E-state index in [1.807, 2.05) is 12.1 Å². The first-order valence-corrected chi connectivity index (χ1v) is 8.01. The van der Waals surface area contributed by atoms with Gasteiger partial charge in [0.05, 0.1) is 10.0 Å². The molecule has 2 atom stereocenters. The van der Waals surface area contributed by atoms with Crippen LogP contribution in [0.4, 0.5) is 0 Å². The van der Waals surface area contributed by atoms with Gasteiger partial charge in [-0.2, -0.15) is 0 Å². The Kier molecular flexibility index (Phi) is 5.56. The monoisotopic (exact) mass is 299 g/mol. The second-order valence-corrected chi connectivity index (χ2v) is 6.68. The lowest BCUT2D eigenvalue weighted by Gasteiger charge is -2.35. The SMILES string of the molecule is CC(C)C1CCCCC1NCc1cccc(Cl)c1Cl. The lowest BCUT2D eigenvalue weighted by molar-refractivity contribution is 0.204. The summed E-state index contributed by atoms with van der Waals surface area (Å²) in [5.74, 6) is 1.53. The second-order valence-electron chi connectivity index (χ2n) is 5.89. The van der Waals surface area contributed by atoms with Gasteiger partial charge in [-0.15, -0.1) is 0 Å². The van der Waals surface area contributed by atoms with Crippen molar-refractivity contribution in [3.63, 3.8) is 0 Å². The van der Waals surface area contributed by atoms with Crippen LogP contribution in [0.2, 0.25) is 10.0 Å². The standard InChI is InChI=1S/C16H23Cl2N/c1-11(2)13-7-3-4-9-15(13)19-10-12-6-5-8-14(17)16(12)18/h5-6,8,11,13,15,19H,3-4,7,9-10H2,1-2H3. The Labute approximate surface area is 126 Å². The van der Waals surface area contributed by atoms with Gasteiger partial charge >= 0.3 is 0 Å². The van der Waals surface area contributed by atoms with Gasteiger partial charge in [0.25, 0.3) is 0 Å². The molecule has 0 radical (unpaired) electrons. The molecule has 0 heterocycles. The first-order valence-electron chi connectivity index (χ1n) is 7.26. The van der Waals surface area contributed by atoms with E-state index < -0.39 is 0 Å². The Hall–Kier alpha value is -0.240. The largest absolute Gasteiger partial charge is 0.310 e. The molecule has 1 aromatic rings. The smallest absolute Gasteiger partial charge is 0.0637 e. The van der Waals surface area contributed by atoms with Crippen LogP contribution < -0.4 is 5.32 Å². The molecule has 1 saturated carbocycles. The molecule has 1 nitrogen and oxygen atoms in total. The van der Waals surface area contributed by atoms with Gasteiger partial charge in [-0.3, -0.25) is 0 Å². The molecular formula is C16H23Cl2N. The third kappa shape index (κ3) is 3.87. The fourth-order valence-corrected chi connectivity index (χ4v) is 3.52. The van der Waals surface area contributed by atoms with E-state index in [0.717, 1.165) is 23.9 Å². The molecule has 1 aromatic carbocycles. The average molecular weight is 300 g/mol. The van der Waals surface area contributed by atoms with E-state index in [1.54, 1.807) is 0 Å². The Morgan fingerprint density at radius 1 is 1.21 bits per heavy atom. The minimum atomic E-state index is 0.615. The third-order valence-electron chi connectivity index (χ3n) is 4.26. The molecule has 2 rings (SSSR count). The molecular weight excluding hydrogens is 277 g/mol. The molecule has 106 valence electrons. The number of hydrogen-bond donors (Lipinski definition) is 1. The summed E-state index contributed by atoms with van der Waals surface area (Å²) < 4.78 is 0. The van der Waals surface area contributed by atoms with Crippen LogP contribution in [0.25, 0.3) is 0 Å². The first-order chi connectivity index (χ1) is 9.09. The van der Waals surface area contributed by atoms with Crippen molar-refractivity contribution in [3.8, 4) is 0 Å². The van der Waals surface area contributed by atoms with E-state index in [1.165, 1.54) is 25.7 Å². The number of halogens is 2. The van der Waals surface area contributed by atoms with Crippen molar-refractivity contribution < 1.29 is 0 Å². The lowest BCUT2D eigenvalue weighted by atomic mass is 9.78. The third-order valence-corrected chi connectivity index (χ3v) is 5.12. The van der Waals surface area contributed by atoms with E-state index in [2.05, 4.69) is 25.2 Å². The van der Waals surface area contributed by atoms with Gasteiger partial charge in [0.15, 0.2) is 0 Å². The van der Waals surface area contributed by atoms with E-state index in [4.69, 9.17) is 23.2 Å². The topological polar surface area (TPSA) is 12.0 Å². The summed E-state index contributed by atoms with van der Waals surface area (Å²) in [4.78, 5) is 0. The Bertz CT molecular complexity index is 417. The molecule has 19 heavy (non-hydrogen) atoms. The molecule has 0 spiro atoms. The summed E-state index contributed by atoms with van der Waals surface area (Å²) in [5.41, 5.74) is 1.10. The number of benzene rings is 1. The molecule has 0 amide bonds. The molecule has 0 bridgehead atoms. The van der Waals surface area contributed by atoms with Crippen LogP contribution in [-0.2, 0) is 6.54 Å². The fourth-order valence-electron chi connectivity index (χ4n) is 3.14. The highest BCUT2D eigenvalue weighted by Gasteiger charge is 2.27. The molecule has 0 aliphatic heterocycles. The van der Waals surface area contributed by atoms with Crippen molar-refractivity contribution >= 4 is 23.2 Å². The normalized spacial score (nSPS) is 23.8. The molecule has 1 aliphatic carbocycles. The van der Waals surface area contributed by atoms with E-state index in [9.17, 15) is 0 Å². The highest BCUT2D eigenvalue weighted by Crippen LogP contribution is 2.31. The van der Waals surface area contributed by atoms with Crippen LogP contribution in [0.1, 0.15) is 45.1 Å². The quantitative estimate of drug-likeness (QED) is 0.796. The molecule has 0 aromatic heterocycles. The van der Waals surface area contributed by atoms with Crippen molar-refractivity contribution in [1.29, 1.82) is 0 Å². The van der Waals surface area contributed by atoms with Gasteiger partial charge in [-0.05, 0) is 36.3 Å². The summed E-state index contributed by atoms with van der Waals surface area (Å²) in [6.07, 6.45) is 5.34.